The maximum absolute atomic E-state index is 4.75. The first-order valence-electron chi connectivity index (χ1n) is 7.93. The van der Waals surface area contributed by atoms with E-state index in [2.05, 4.69) is 50.2 Å². The van der Waals surface area contributed by atoms with Crippen molar-refractivity contribution in [3.05, 3.63) is 16.1 Å². The van der Waals surface area contributed by atoms with E-state index in [1.165, 1.54) is 36.5 Å². The zero-order valence-electron chi connectivity index (χ0n) is 13.8. The quantitative estimate of drug-likeness (QED) is 0.661. The lowest BCUT2D eigenvalue weighted by molar-refractivity contribution is 0.206. The molecule has 0 unspecified atom stereocenters. The first-order valence-corrected chi connectivity index (χ1v) is 8.81. The number of aromatic nitrogens is 1. The van der Waals surface area contributed by atoms with Crippen LogP contribution >= 0.6 is 11.3 Å². The SMILES string of the molecule is CCCCCN(Cc1csc(CNC(C)C)n1)C(C)C. The van der Waals surface area contributed by atoms with Crippen LogP contribution in [-0.2, 0) is 13.1 Å². The summed E-state index contributed by atoms with van der Waals surface area (Å²) in [6.45, 7) is 14.2. The Morgan fingerprint density at radius 3 is 2.60 bits per heavy atom. The van der Waals surface area contributed by atoms with Crippen molar-refractivity contribution >= 4 is 11.3 Å². The number of thiazole rings is 1. The fourth-order valence-corrected chi connectivity index (χ4v) is 2.82. The molecular formula is C16H31N3S. The average molecular weight is 298 g/mol. The van der Waals surface area contributed by atoms with Crippen molar-refractivity contribution < 1.29 is 0 Å². The molecule has 1 aromatic rings. The van der Waals surface area contributed by atoms with E-state index in [1.54, 1.807) is 11.3 Å². The van der Waals surface area contributed by atoms with Crippen molar-refractivity contribution in [2.75, 3.05) is 6.54 Å². The number of rotatable bonds is 10. The van der Waals surface area contributed by atoms with E-state index in [0.717, 1.165) is 13.1 Å². The monoisotopic (exact) mass is 297 g/mol. The summed E-state index contributed by atoms with van der Waals surface area (Å²) in [6, 6.07) is 1.11. The standard InChI is InChI=1S/C16H31N3S/c1-6-7-8-9-19(14(4)5)11-15-12-20-16(18-15)10-17-13(2)3/h12-14,17H,6-11H2,1-5H3. The lowest BCUT2D eigenvalue weighted by Gasteiger charge is -2.25. The second kappa shape index (κ2) is 9.48. The van der Waals surface area contributed by atoms with Crippen molar-refractivity contribution in [3.8, 4) is 0 Å². The Morgan fingerprint density at radius 1 is 1.25 bits per heavy atom. The molecular weight excluding hydrogens is 266 g/mol. The van der Waals surface area contributed by atoms with Crippen molar-refractivity contribution in [1.29, 1.82) is 0 Å². The Kier molecular flexibility index (Phi) is 8.34. The second-order valence-corrected chi connectivity index (χ2v) is 6.98. The van der Waals surface area contributed by atoms with Gasteiger partial charge < -0.3 is 5.32 Å². The molecule has 0 amide bonds. The van der Waals surface area contributed by atoms with Gasteiger partial charge in [-0.05, 0) is 26.8 Å². The van der Waals surface area contributed by atoms with Gasteiger partial charge in [0.15, 0.2) is 0 Å². The molecule has 4 heteroatoms. The Balaban J connectivity index is 2.47. The van der Waals surface area contributed by atoms with Gasteiger partial charge in [0.1, 0.15) is 5.01 Å². The summed E-state index contributed by atoms with van der Waals surface area (Å²) in [7, 11) is 0. The highest BCUT2D eigenvalue weighted by atomic mass is 32.1. The molecule has 3 nitrogen and oxygen atoms in total. The molecule has 1 rings (SSSR count). The van der Waals surface area contributed by atoms with Gasteiger partial charge in [-0.1, -0.05) is 33.6 Å². The molecule has 0 fully saturated rings. The topological polar surface area (TPSA) is 28.2 Å². The van der Waals surface area contributed by atoms with Gasteiger partial charge >= 0.3 is 0 Å². The van der Waals surface area contributed by atoms with E-state index < -0.39 is 0 Å². The maximum atomic E-state index is 4.75. The Morgan fingerprint density at radius 2 is 2.00 bits per heavy atom. The van der Waals surface area contributed by atoms with Crippen LogP contribution in [0.3, 0.4) is 0 Å². The molecule has 116 valence electrons. The Labute approximate surface area is 128 Å². The van der Waals surface area contributed by atoms with Gasteiger partial charge in [-0.3, -0.25) is 4.90 Å². The number of nitrogens with one attached hydrogen (secondary N) is 1. The molecule has 20 heavy (non-hydrogen) atoms. The van der Waals surface area contributed by atoms with Crippen molar-refractivity contribution in [1.82, 2.24) is 15.2 Å². The lowest BCUT2D eigenvalue weighted by atomic mass is 10.2. The molecule has 0 spiro atoms. The van der Waals surface area contributed by atoms with Crippen LogP contribution in [0, 0.1) is 0 Å². The average Bonchev–Trinajstić information content (AvgIpc) is 2.83. The van der Waals surface area contributed by atoms with Crippen LogP contribution in [0.1, 0.15) is 64.6 Å². The van der Waals surface area contributed by atoms with Gasteiger partial charge in [0.2, 0.25) is 0 Å². The van der Waals surface area contributed by atoms with Crippen molar-refractivity contribution in [3.63, 3.8) is 0 Å². The van der Waals surface area contributed by atoms with E-state index >= 15 is 0 Å². The zero-order valence-corrected chi connectivity index (χ0v) is 14.6. The highest BCUT2D eigenvalue weighted by Gasteiger charge is 2.12. The Hall–Kier alpha value is -0.450. The molecule has 0 atom stereocenters. The number of hydrogen-bond acceptors (Lipinski definition) is 4. The first-order chi connectivity index (χ1) is 9.52. The molecule has 0 aliphatic heterocycles. The van der Waals surface area contributed by atoms with Gasteiger partial charge in [0.25, 0.3) is 0 Å². The van der Waals surface area contributed by atoms with Crippen LogP contribution in [0.4, 0.5) is 0 Å². The number of hydrogen-bond donors (Lipinski definition) is 1. The molecule has 0 radical (unpaired) electrons. The van der Waals surface area contributed by atoms with Gasteiger partial charge in [-0.25, -0.2) is 4.98 Å². The first kappa shape index (κ1) is 17.6. The van der Waals surface area contributed by atoms with E-state index in [9.17, 15) is 0 Å². The van der Waals surface area contributed by atoms with Gasteiger partial charge in [0.05, 0.1) is 5.69 Å². The summed E-state index contributed by atoms with van der Waals surface area (Å²) >= 11 is 1.77. The van der Waals surface area contributed by atoms with Crippen LogP contribution in [-0.4, -0.2) is 28.5 Å². The normalized spacial score (nSPS) is 12.0. The minimum Gasteiger partial charge on any atom is -0.308 e. The van der Waals surface area contributed by atoms with Crippen molar-refractivity contribution in [2.24, 2.45) is 0 Å². The summed E-state index contributed by atoms with van der Waals surface area (Å²) in [5, 5.41) is 6.84. The number of unbranched alkanes of at least 4 members (excludes halogenated alkanes) is 2. The third-order valence-electron chi connectivity index (χ3n) is 3.41. The summed E-state index contributed by atoms with van der Waals surface area (Å²) in [5.41, 5.74) is 1.22. The zero-order chi connectivity index (χ0) is 15.0. The van der Waals surface area contributed by atoms with Crippen LogP contribution in [0.5, 0.6) is 0 Å². The van der Waals surface area contributed by atoms with E-state index in [4.69, 9.17) is 4.98 Å². The molecule has 1 heterocycles. The maximum Gasteiger partial charge on any atom is 0.107 e. The summed E-state index contributed by atoms with van der Waals surface area (Å²) in [6.07, 6.45) is 3.90. The summed E-state index contributed by atoms with van der Waals surface area (Å²) < 4.78 is 0. The molecule has 1 N–H and O–H groups in total. The fourth-order valence-electron chi connectivity index (χ4n) is 2.09. The smallest absolute Gasteiger partial charge is 0.107 e. The van der Waals surface area contributed by atoms with E-state index in [0.29, 0.717) is 12.1 Å². The van der Waals surface area contributed by atoms with Crippen molar-refractivity contribution in [2.45, 2.75) is 79.1 Å². The van der Waals surface area contributed by atoms with E-state index in [1.807, 2.05) is 0 Å². The van der Waals surface area contributed by atoms with Crippen LogP contribution < -0.4 is 5.32 Å². The van der Waals surface area contributed by atoms with Gasteiger partial charge in [0, 0.05) is 30.6 Å². The lowest BCUT2D eigenvalue weighted by Crippen LogP contribution is -2.31. The molecule has 0 aliphatic carbocycles. The summed E-state index contributed by atoms with van der Waals surface area (Å²) in [5.74, 6) is 0. The second-order valence-electron chi connectivity index (χ2n) is 6.04. The highest BCUT2D eigenvalue weighted by molar-refractivity contribution is 7.09. The fraction of sp³-hybridized carbons (Fsp3) is 0.812. The minimum absolute atomic E-state index is 0.517. The third-order valence-corrected chi connectivity index (χ3v) is 4.30. The number of nitrogens with zero attached hydrogens (tertiary/aromatic N) is 2. The van der Waals surface area contributed by atoms with E-state index in [-0.39, 0.29) is 0 Å². The predicted octanol–water partition coefficient (Wildman–Crippen LogP) is 4.04. The van der Waals surface area contributed by atoms with Crippen LogP contribution in [0.2, 0.25) is 0 Å². The molecule has 0 aromatic carbocycles. The molecule has 1 aromatic heterocycles. The largest absolute Gasteiger partial charge is 0.308 e. The van der Waals surface area contributed by atoms with Crippen LogP contribution in [0.25, 0.3) is 0 Å². The predicted molar refractivity (Wildman–Crippen MR) is 89.2 cm³/mol. The van der Waals surface area contributed by atoms with Gasteiger partial charge in [-0.2, -0.15) is 0 Å². The highest BCUT2D eigenvalue weighted by Crippen LogP contribution is 2.14. The third kappa shape index (κ3) is 6.82. The molecule has 0 aliphatic rings. The molecule has 0 bridgehead atoms. The van der Waals surface area contributed by atoms with Crippen LogP contribution in [0.15, 0.2) is 5.38 Å². The Bertz CT molecular complexity index is 360. The summed E-state index contributed by atoms with van der Waals surface area (Å²) in [4.78, 5) is 7.28. The minimum atomic E-state index is 0.517. The molecule has 0 saturated carbocycles. The molecule has 0 saturated heterocycles. The van der Waals surface area contributed by atoms with Gasteiger partial charge in [-0.15, -0.1) is 11.3 Å².